The van der Waals surface area contributed by atoms with Crippen LogP contribution in [0.1, 0.15) is 18.9 Å². The minimum Gasteiger partial charge on any atom is -0.393 e. The van der Waals surface area contributed by atoms with Crippen molar-refractivity contribution in [3.8, 4) is 11.8 Å². The van der Waals surface area contributed by atoms with Gasteiger partial charge in [-0.2, -0.15) is 0 Å². The van der Waals surface area contributed by atoms with Crippen LogP contribution in [0.2, 0.25) is 0 Å². The van der Waals surface area contributed by atoms with E-state index in [0.717, 1.165) is 0 Å². The molecule has 0 fully saturated rings. The summed E-state index contributed by atoms with van der Waals surface area (Å²) in [5.74, 6) is 5.48. The fourth-order valence-electron chi connectivity index (χ4n) is 1.25. The number of hydrogen-bond acceptors (Lipinski definition) is 4. The van der Waals surface area contributed by atoms with Crippen molar-refractivity contribution in [1.29, 1.82) is 0 Å². The molecule has 0 aromatic heterocycles. The highest BCUT2D eigenvalue weighted by molar-refractivity contribution is 5.72. The minimum absolute atomic E-state index is 0.111. The summed E-state index contributed by atoms with van der Waals surface area (Å²) in [4.78, 5) is 20.7. The largest absolute Gasteiger partial charge is 0.393 e. The van der Waals surface area contributed by atoms with Crippen LogP contribution in [0.25, 0.3) is 0 Å². The van der Waals surface area contributed by atoms with Crippen molar-refractivity contribution in [2.24, 2.45) is 0 Å². The predicted octanol–water partition coefficient (Wildman–Crippen LogP) is 1.05. The first-order valence-corrected chi connectivity index (χ1v) is 5.28. The van der Waals surface area contributed by atoms with Crippen LogP contribution in [0, 0.1) is 22.0 Å². The number of anilines is 1. The van der Waals surface area contributed by atoms with E-state index in [4.69, 9.17) is 5.73 Å². The van der Waals surface area contributed by atoms with E-state index < -0.39 is 4.92 Å². The van der Waals surface area contributed by atoms with Crippen molar-refractivity contribution in [3.63, 3.8) is 0 Å². The standard InChI is InChI=1S/C12H13N3O3/c1-9(16)14-7-3-2-4-10-5-6-11(13)12(8-10)15(17)18/h5-6,8H,3,7,13H2,1H3,(H,14,16). The third-order valence-electron chi connectivity index (χ3n) is 2.08. The molecular weight excluding hydrogens is 234 g/mol. The van der Waals surface area contributed by atoms with Crippen LogP contribution in [-0.2, 0) is 4.79 Å². The van der Waals surface area contributed by atoms with Crippen molar-refractivity contribution in [1.82, 2.24) is 5.32 Å². The maximum absolute atomic E-state index is 10.7. The third kappa shape index (κ3) is 4.14. The molecule has 1 rings (SSSR count). The van der Waals surface area contributed by atoms with Crippen LogP contribution in [0.15, 0.2) is 18.2 Å². The van der Waals surface area contributed by atoms with E-state index in [1.165, 1.54) is 19.1 Å². The molecule has 0 aliphatic heterocycles. The van der Waals surface area contributed by atoms with Gasteiger partial charge in [0.2, 0.25) is 5.91 Å². The van der Waals surface area contributed by atoms with Crippen LogP contribution in [-0.4, -0.2) is 17.4 Å². The number of nitrogens with one attached hydrogen (secondary N) is 1. The lowest BCUT2D eigenvalue weighted by Crippen LogP contribution is -2.20. The Balaban J connectivity index is 2.68. The number of nitrogens with zero attached hydrogens (tertiary/aromatic N) is 1. The fourth-order valence-corrected chi connectivity index (χ4v) is 1.25. The smallest absolute Gasteiger partial charge is 0.293 e. The summed E-state index contributed by atoms with van der Waals surface area (Å²) in [7, 11) is 0. The van der Waals surface area contributed by atoms with E-state index in [0.29, 0.717) is 18.5 Å². The predicted molar refractivity (Wildman–Crippen MR) is 67.7 cm³/mol. The van der Waals surface area contributed by atoms with E-state index >= 15 is 0 Å². The highest BCUT2D eigenvalue weighted by Gasteiger charge is 2.10. The van der Waals surface area contributed by atoms with E-state index in [-0.39, 0.29) is 17.3 Å². The summed E-state index contributed by atoms with van der Waals surface area (Å²) >= 11 is 0. The van der Waals surface area contributed by atoms with Gasteiger partial charge in [-0.25, -0.2) is 0 Å². The SMILES string of the molecule is CC(=O)NCCC#Cc1ccc(N)c([N+](=O)[O-])c1. The molecule has 0 saturated carbocycles. The second-order valence-corrected chi connectivity index (χ2v) is 3.57. The molecule has 0 atom stereocenters. The number of carbonyl (C=O) groups excluding carboxylic acids is 1. The number of nitrogen functional groups attached to an aromatic ring is 1. The molecule has 0 aliphatic rings. The summed E-state index contributed by atoms with van der Waals surface area (Å²) < 4.78 is 0. The van der Waals surface area contributed by atoms with Gasteiger partial charge >= 0.3 is 0 Å². The Hall–Kier alpha value is -2.55. The molecule has 1 aromatic carbocycles. The van der Waals surface area contributed by atoms with Crippen molar-refractivity contribution in [2.75, 3.05) is 12.3 Å². The average molecular weight is 247 g/mol. The molecule has 0 spiro atoms. The van der Waals surface area contributed by atoms with Crippen LogP contribution >= 0.6 is 0 Å². The first kappa shape index (κ1) is 13.5. The highest BCUT2D eigenvalue weighted by atomic mass is 16.6. The summed E-state index contributed by atoms with van der Waals surface area (Å²) in [5.41, 5.74) is 5.95. The topological polar surface area (TPSA) is 98.3 Å². The van der Waals surface area contributed by atoms with Crippen molar-refractivity contribution >= 4 is 17.3 Å². The molecule has 6 heteroatoms. The van der Waals surface area contributed by atoms with Gasteiger partial charge in [0, 0.05) is 31.5 Å². The quantitative estimate of drug-likeness (QED) is 0.274. The molecule has 6 nitrogen and oxygen atoms in total. The monoisotopic (exact) mass is 247 g/mol. The summed E-state index contributed by atoms with van der Waals surface area (Å²) in [6, 6.07) is 4.41. The number of amides is 1. The average Bonchev–Trinajstić information content (AvgIpc) is 2.30. The molecule has 0 bridgehead atoms. The molecule has 1 aromatic rings. The Labute approximate surface area is 104 Å². The van der Waals surface area contributed by atoms with Crippen molar-refractivity contribution in [3.05, 3.63) is 33.9 Å². The van der Waals surface area contributed by atoms with Gasteiger partial charge in [-0.05, 0) is 12.1 Å². The van der Waals surface area contributed by atoms with E-state index in [1.807, 2.05) is 0 Å². The van der Waals surface area contributed by atoms with Gasteiger partial charge in [0.1, 0.15) is 5.69 Å². The number of benzene rings is 1. The number of rotatable bonds is 3. The van der Waals surface area contributed by atoms with Gasteiger partial charge in [0.25, 0.3) is 5.69 Å². The molecule has 0 unspecified atom stereocenters. The molecule has 18 heavy (non-hydrogen) atoms. The van der Waals surface area contributed by atoms with Crippen molar-refractivity contribution in [2.45, 2.75) is 13.3 Å². The lowest BCUT2D eigenvalue weighted by atomic mass is 10.2. The van der Waals surface area contributed by atoms with Gasteiger partial charge in [-0.1, -0.05) is 11.8 Å². The molecule has 94 valence electrons. The second-order valence-electron chi connectivity index (χ2n) is 3.57. The van der Waals surface area contributed by atoms with Crippen molar-refractivity contribution < 1.29 is 9.72 Å². The summed E-state index contributed by atoms with van der Waals surface area (Å²) in [6.07, 6.45) is 0.484. The normalized spacial score (nSPS) is 9.17. The minimum atomic E-state index is -0.544. The van der Waals surface area contributed by atoms with Crippen LogP contribution in [0.3, 0.4) is 0 Å². The fraction of sp³-hybridized carbons (Fsp3) is 0.250. The Bertz CT molecular complexity index is 529. The highest BCUT2D eigenvalue weighted by Crippen LogP contribution is 2.21. The molecule has 0 radical (unpaired) electrons. The third-order valence-corrected chi connectivity index (χ3v) is 2.08. The molecule has 0 aliphatic carbocycles. The Morgan fingerprint density at radius 1 is 1.56 bits per heavy atom. The van der Waals surface area contributed by atoms with Gasteiger partial charge in [0.05, 0.1) is 4.92 Å². The zero-order valence-electron chi connectivity index (χ0n) is 9.90. The molecular formula is C12H13N3O3. The van der Waals surface area contributed by atoms with Crippen LogP contribution < -0.4 is 11.1 Å². The maximum atomic E-state index is 10.7. The van der Waals surface area contributed by atoms with Gasteiger partial charge in [-0.3, -0.25) is 14.9 Å². The maximum Gasteiger partial charge on any atom is 0.293 e. The first-order chi connectivity index (χ1) is 8.50. The zero-order chi connectivity index (χ0) is 13.5. The van der Waals surface area contributed by atoms with E-state index in [2.05, 4.69) is 17.2 Å². The molecule has 3 N–H and O–H groups in total. The molecule has 0 saturated heterocycles. The Morgan fingerprint density at radius 2 is 2.28 bits per heavy atom. The lowest BCUT2D eigenvalue weighted by molar-refractivity contribution is -0.383. The van der Waals surface area contributed by atoms with Crippen LogP contribution in [0.4, 0.5) is 11.4 Å². The second kappa shape index (κ2) is 6.25. The van der Waals surface area contributed by atoms with Gasteiger partial charge in [0.15, 0.2) is 0 Å². The number of nitro benzene ring substituents is 1. The first-order valence-electron chi connectivity index (χ1n) is 5.28. The van der Waals surface area contributed by atoms with Crippen LogP contribution in [0.5, 0.6) is 0 Å². The van der Waals surface area contributed by atoms with Gasteiger partial charge in [-0.15, -0.1) is 0 Å². The number of hydrogen-bond donors (Lipinski definition) is 2. The molecule has 1 amide bonds. The number of nitrogens with two attached hydrogens (primary N) is 1. The zero-order valence-corrected chi connectivity index (χ0v) is 9.90. The Morgan fingerprint density at radius 3 is 2.89 bits per heavy atom. The number of carbonyl (C=O) groups is 1. The lowest BCUT2D eigenvalue weighted by Gasteiger charge is -1.97. The van der Waals surface area contributed by atoms with Gasteiger partial charge < -0.3 is 11.1 Å². The molecule has 0 heterocycles. The Kier molecular flexibility index (Phi) is 4.69. The van der Waals surface area contributed by atoms with E-state index in [9.17, 15) is 14.9 Å². The van der Waals surface area contributed by atoms with E-state index in [1.54, 1.807) is 6.07 Å². The number of nitro groups is 1. The summed E-state index contributed by atoms with van der Waals surface area (Å²) in [6.45, 7) is 1.89. The summed E-state index contributed by atoms with van der Waals surface area (Å²) in [5, 5.41) is 13.3.